The molecule has 3 aromatic rings. The molecule has 5 rings (SSSR count). The summed E-state index contributed by atoms with van der Waals surface area (Å²) in [6.07, 6.45) is 5.09. The van der Waals surface area contributed by atoms with Crippen molar-refractivity contribution < 1.29 is 18.3 Å². The molecule has 2 fully saturated rings. The number of aromatic nitrogens is 3. The minimum Gasteiger partial charge on any atom is -0.391 e. The highest BCUT2D eigenvalue weighted by Crippen LogP contribution is 2.34. The number of nitrogens with zero attached hydrogens (tertiary/aromatic N) is 5. The molecule has 0 radical (unpaired) electrons. The number of β-amino-alcohol motifs (C(OH)–C–C–N with tert-alkyl or cyclic N) is 1. The smallest absolute Gasteiger partial charge is 0.256 e. The van der Waals surface area contributed by atoms with Crippen molar-refractivity contribution in [2.75, 3.05) is 35.5 Å². The van der Waals surface area contributed by atoms with Crippen LogP contribution in [-0.2, 0) is 10.0 Å². The fourth-order valence-corrected chi connectivity index (χ4v) is 5.99. The summed E-state index contributed by atoms with van der Waals surface area (Å²) in [7, 11) is -3.59. The zero-order valence-corrected chi connectivity index (χ0v) is 22.6. The van der Waals surface area contributed by atoms with Gasteiger partial charge in [0.25, 0.3) is 5.91 Å². The van der Waals surface area contributed by atoms with Crippen molar-refractivity contribution in [3.05, 3.63) is 52.3 Å². The Balaban J connectivity index is 1.48. The fourth-order valence-electron chi connectivity index (χ4n) is 5.24. The van der Waals surface area contributed by atoms with E-state index in [0.717, 1.165) is 49.1 Å². The highest BCUT2D eigenvalue weighted by Gasteiger charge is 2.33. The first-order valence-corrected chi connectivity index (χ1v) is 14.7. The predicted molar refractivity (Wildman–Crippen MR) is 143 cm³/mol. The van der Waals surface area contributed by atoms with E-state index in [0.29, 0.717) is 23.8 Å². The molecule has 0 aliphatic carbocycles. The summed E-state index contributed by atoms with van der Waals surface area (Å²) in [5, 5.41) is 15.3. The summed E-state index contributed by atoms with van der Waals surface area (Å²) in [5.74, 6) is 0.697. The van der Waals surface area contributed by atoms with Crippen molar-refractivity contribution >= 4 is 44.7 Å². The number of aliphatic hydroxyl groups excluding tert-OH is 1. The van der Waals surface area contributed by atoms with Crippen molar-refractivity contribution in [3.63, 3.8) is 0 Å². The Kier molecular flexibility index (Phi) is 6.80. The van der Waals surface area contributed by atoms with Crippen molar-refractivity contribution in [2.24, 2.45) is 5.92 Å². The highest BCUT2D eigenvalue weighted by atomic mass is 35.5. The van der Waals surface area contributed by atoms with Crippen LogP contribution in [0.5, 0.6) is 0 Å². The van der Waals surface area contributed by atoms with Crippen LogP contribution in [-0.4, -0.2) is 70.9 Å². The van der Waals surface area contributed by atoms with E-state index in [1.54, 1.807) is 15.5 Å². The van der Waals surface area contributed by atoms with Gasteiger partial charge in [0.1, 0.15) is 5.82 Å². The molecule has 0 bridgehead atoms. The Morgan fingerprint density at radius 3 is 2.70 bits per heavy atom. The van der Waals surface area contributed by atoms with Gasteiger partial charge in [-0.2, -0.15) is 5.10 Å². The average molecular weight is 547 g/mol. The lowest BCUT2D eigenvalue weighted by Crippen LogP contribution is -2.39. The van der Waals surface area contributed by atoms with Gasteiger partial charge in [-0.25, -0.2) is 17.9 Å². The maximum atomic E-state index is 13.8. The molecule has 2 unspecified atom stereocenters. The molecule has 12 heteroatoms. The van der Waals surface area contributed by atoms with Gasteiger partial charge in [0.15, 0.2) is 5.65 Å². The zero-order chi connectivity index (χ0) is 26.5. The number of carbonyl (C=O) groups excluding carboxylic acids is 1. The average Bonchev–Trinajstić information content (AvgIpc) is 3.40. The number of benzene rings is 1. The van der Waals surface area contributed by atoms with Crippen LogP contribution < -0.4 is 9.62 Å². The maximum absolute atomic E-state index is 13.8. The van der Waals surface area contributed by atoms with E-state index >= 15 is 0 Å². The Morgan fingerprint density at radius 2 is 2.00 bits per heavy atom. The molecule has 198 valence electrons. The van der Waals surface area contributed by atoms with Crippen molar-refractivity contribution in [3.8, 4) is 0 Å². The fraction of sp³-hybridized carbons (Fsp3) is 0.480. The first kappa shape index (κ1) is 25.7. The van der Waals surface area contributed by atoms with E-state index in [1.165, 1.54) is 12.1 Å². The lowest BCUT2D eigenvalue weighted by molar-refractivity contribution is 0.0607. The van der Waals surface area contributed by atoms with Gasteiger partial charge in [-0.15, -0.1) is 0 Å². The number of hydrogen-bond acceptors (Lipinski definition) is 7. The number of rotatable bonds is 5. The Hall–Kier alpha value is -2.89. The van der Waals surface area contributed by atoms with E-state index in [1.807, 2.05) is 26.1 Å². The van der Waals surface area contributed by atoms with Gasteiger partial charge in [-0.3, -0.25) is 9.52 Å². The Bertz CT molecular complexity index is 1450. The second-order valence-corrected chi connectivity index (χ2v) is 12.3. The number of amides is 1. The molecule has 3 atom stereocenters. The van der Waals surface area contributed by atoms with Crippen LogP contribution >= 0.6 is 11.6 Å². The monoisotopic (exact) mass is 546 g/mol. The largest absolute Gasteiger partial charge is 0.391 e. The van der Waals surface area contributed by atoms with Gasteiger partial charge in [-0.1, -0.05) is 18.5 Å². The molecule has 2 saturated heterocycles. The molecule has 2 N–H and O–H groups in total. The van der Waals surface area contributed by atoms with Gasteiger partial charge in [0.05, 0.1) is 35.3 Å². The number of likely N-dealkylation sites (tertiary alicyclic amines) is 1. The number of anilines is 2. The number of carbonyl (C=O) groups is 1. The third kappa shape index (κ3) is 5.25. The molecule has 2 aliphatic heterocycles. The topological polar surface area (TPSA) is 120 Å². The van der Waals surface area contributed by atoms with Crippen LogP contribution in [0.25, 0.3) is 5.65 Å². The van der Waals surface area contributed by atoms with E-state index in [-0.39, 0.29) is 35.2 Å². The molecular weight excluding hydrogens is 516 g/mol. The molecule has 1 aromatic carbocycles. The number of piperidine rings is 1. The normalized spacial score (nSPS) is 22.6. The van der Waals surface area contributed by atoms with Gasteiger partial charge >= 0.3 is 0 Å². The van der Waals surface area contributed by atoms with Crippen molar-refractivity contribution in [1.29, 1.82) is 0 Å². The number of sulfonamides is 1. The molecular formula is C25H31ClN6O4S. The van der Waals surface area contributed by atoms with Crippen LogP contribution in [0.2, 0.25) is 5.02 Å². The lowest BCUT2D eigenvalue weighted by Gasteiger charge is -2.35. The van der Waals surface area contributed by atoms with E-state index < -0.39 is 10.0 Å². The van der Waals surface area contributed by atoms with Crippen molar-refractivity contribution in [1.82, 2.24) is 19.5 Å². The van der Waals surface area contributed by atoms with Crippen LogP contribution in [0.1, 0.15) is 53.8 Å². The quantitative estimate of drug-likeness (QED) is 0.504. The molecule has 2 aromatic heterocycles. The number of nitrogens with one attached hydrogen (secondary N) is 1. The SMILES string of the molecule is Cc1cn2nc([C@@H]3CCCCN3C(=O)c3cc(Cl)ccc3NS(C)(=O)=O)cc2nc1N1CC(C)C(O)C1. The molecule has 10 nitrogen and oxygen atoms in total. The lowest BCUT2D eigenvalue weighted by atomic mass is 9.98. The zero-order valence-electron chi connectivity index (χ0n) is 21.1. The number of fused-ring (bicyclic) bond motifs is 1. The third-order valence-electron chi connectivity index (χ3n) is 7.11. The molecule has 1 amide bonds. The van der Waals surface area contributed by atoms with E-state index in [4.69, 9.17) is 21.7 Å². The summed E-state index contributed by atoms with van der Waals surface area (Å²) >= 11 is 6.19. The highest BCUT2D eigenvalue weighted by molar-refractivity contribution is 7.92. The summed E-state index contributed by atoms with van der Waals surface area (Å²) in [5.41, 5.74) is 2.75. The molecule has 4 heterocycles. The standard InChI is InChI=1S/C25H31ClN6O4S/c1-15-12-30(14-22(15)33)24-16(2)13-32-23(27-24)11-20(28-32)21-6-4-5-9-31(21)25(34)18-10-17(26)7-8-19(18)29-37(3,35)36/h7-8,10-11,13,15,21-22,29,33H,4-6,9,12,14H2,1-3H3/t15?,21-,22?/m0/s1. The van der Waals surface area contributed by atoms with Crippen LogP contribution in [0, 0.1) is 12.8 Å². The minimum atomic E-state index is -3.59. The minimum absolute atomic E-state index is 0.174. The van der Waals surface area contributed by atoms with E-state index in [9.17, 15) is 18.3 Å². The summed E-state index contributed by atoms with van der Waals surface area (Å²) in [6, 6.07) is 6.17. The molecule has 37 heavy (non-hydrogen) atoms. The van der Waals surface area contributed by atoms with Crippen LogP contribution in [0.3, 0.4) is 0 Å². The number of aliphatic hydroxyl groups is 1. The maximum Gasteiger partial charge on any atom is 0.256 e. The first-order valence-electron chi connectivity index (χ1n) is 12.4. The number of aryl methyl sites for hydroxylation is 1. The predicted octanol–water partition coefficient (Wildman–Crippen LogP) is 3.25. The van der Waals surface area contributed by atoms with Crippen LogP contribution in [0.4, 0.5) is 11.5 Å². The first-order chi connectivity index (χ1) is 17.5. The van der Waals surface area contributed by atoms with E-state index in [2.05, 4.69) is 9.62 Å². The van der Waals surface area contributed by atoms with Gasteiger partial charge in [0, 0.05) is 48.4 Å². The molecule has 0 saturated carbocycles. The third-order valence-corrected chi connectivity index (χ3v) is 7.93. The Morgan fingerprint density at radius 1 is 1.22 bits per heavy atom. The summed E-state index contributed by atoms with van der Waals surface area (Å²) in [4.78, 5) is 22.5. The Labute approximate surface area is 221 Å². The number of halogens is 1. The number of hydrogen-bond donors (Lipinski definition) is 2. The van der Waals surface area contributed by atoms with Gasteiger partial charge in [-0.05, 0) is 44.4 Å². The van der Waals surface area contributed by atoms with Crippen molar-refractivity contribution in [2.45, 2.75) is 45.3 Å². The second-order valence-electron chi connectivity index (χ2n) is 10.1. The van der Waals surface area contributed by atoms with Gasteiger partial charge < -0.3 is 14.9 Å². The molecule has 2 aliphatic rings. The van der Waals surface area contributed by atoms with Gasteiger partial charge in [0.2, 0.25) is 10.0 Å². The summed E-state index contributed by atoms with van der Waals surface area (Å²) < 4.78 is 28.0. The molecule has 0 spiro atoms. The second kappa shape index (κ2) is 9.77. The summed E-state index contributed by atoms with van der Waals surface area (Å²) in [6.45, 7) is 5.80. The van der Waals surface area contributed by atoms with Crippen LogP contribution in [0.15, 0.2) is 30.5 Å².